The first-order valence-electron chi connectivity index (χ1n) is 5.59. The zero-order valence-electron chi connectivity index (χ0n) is 9.98. The number of rotatable bonds is 4. The molecule has 0 saturated carbocycles. The van der Waals surface area contributed by atoms with E-state index in [2.05, 4.69) is 25.9 Å². The van der Waals surface area contributed by atoms with Crippen LogP contribution in [0.3, 0.4) is 0 Å². The maximum atomic E-state index is 10.5. The van der Waals surface area contributed by atoms with Gasteiger partial charge >= 0.3 is 5.97 Å². The van der Waals surface area contributed by atoms with E-state index < -0.39 is 5.97 Å². The fourth-order valence-electron chi connectivity index (χ4n) is 2.25. The SMILES string of the molecule is Cc1nn(C)c(CN2CC(CC(=O)O)C2)c1Br. The van der Waals surface area contributed by atoms with Crippen molar-refractivity contribution in [2.45, 2.75) is 19.9 Å². The monoisotopic (exact) mass is 301 g/mol. The zero-order valence-corrected chi connectivity index (χ0v) is 11.6. The lowest BCUT2D eigenvalue weighted by Gasteiger charge is -2.38. The molecule has 0 bridgehead atoms. The Kier molecular flexibility index (Phi) is 3.53. The molecule has 2 rings (SSSR count). The summed E-state index contributed by atoms with van der Waals surface area (Å²) in [6, 6.07) is 0. The molecule has 1 fully saturated rings. The van der Waals surface area contributed by atoms with Gasteiger partial charge in [-0.2, -0.15) is 5.10 Å². The number of nitrogens with zero attached hydrogens (tertiary/aromatic N) is 3. The van der Waals surface area contributed by atoms with Crippen LogP contribution in [0.4, 0.5) is 0 Å². The van der Waals surface area contributed by atoms with Gasteiger partial charge in [-0.25, -0.2) is 0 Å². The molecule has 0 radical (unpaired) electrons. The highest BCUT2D eigenvalue weighted by Crippen LogP contribution is 2.26. The van der Waals surface area contributed by atoms with E-state index in [1.807, 2.05) is 18.7 Å². The van der Waals surface area contributed by atoms with Gasteiger partial charge in [0.05, 0.1) is 22.3 Å². The van der Waals surface area contributed by atoms with E-state index in [0.717, 1.165) is 35.5 Å². The fourth-order valence-corrected chi connectivity index (χ4v) is 2.71. The van der Waals surface area contributed by atoms with Gasteiger partial charge in [-0.15, -0.1) is 0 Å². The molecule has 94 valence electrons. The van der Waals surface area contributed by atoms with Crippen LogP contribution in [-0.4, -0.2) is 38.8 Å². The largest absolute Gasteiger partial charge is 0.481 e. The topological polar surface area (TPSA) is 58.4 Å². The third kappa shape index (κ3) is 2.69. The summed E-state index contributed by atoms with van der Waals surface area (Å²) in [4.78, 5) is 12.8. The molecule has 1 N–H and O–H groups in total. The molecular weight excluding hydrogens is 286 g/mol. The molecular formula is C11H16BrN3O2. The number of likely N-dealkylation sites (tertiary alicyclic amines) is 1. The van der Waals surface area contributed by atoms with E-state index in [9.17, 15) is 4.79 Å². The van der Waals surface area contributed by atoms with Crippen molar-refractivity contribution in [3.05, 3.63) is 15.9 Å². The van der Waals surface area contributed by atoms with Crippen LogP contribution in [0.1, 0.15) is 17.8 Å². The average Bonchev–Trinajstić information content (AvgIpc) is 2.40. The van der Waals surface area contributed by atoms with Crippen molar-refractivity contribution < 1.29 is 9.90 Å². The molecule has 0 aromatic carbocycles. The summed E-state index contributed by atoms with van der Waals surface area (Å²) in [5, 5.41) is 13.0. The first-order valence-corrected chi connectivity index (χ1v) is 6.38. The van der Waals surface area contributed by atoms with Crippen molar-refractivity contribution in [1.82, 2.24) is 14.7 Å². The summed E-state index contributed by atoms with van der Waals surface area (Å²) in [5.41, 5.74) is 2.14. The third-order valence-corrected chi connectivity index (χ3v) is 4.16. The minimum absolute atomic E-state index is 0.280. The smallest absolute Gasteiger partial charge is 0.303 e. The van der Waals surface area contributed by atoms with E-state index in [1.165, 1.54) is 0 Å². The van der Waals surface area contributed by atoms with Crippen molar-refractivity contribution in [2.24, 2.45) is 13.0 Å². The van der Waals surface area contributed by atoms with Crippen LogP contribution in [0.25, 0.3) is 0 Å². The Labute approximate surface area is 109 Å². The maximum absolute atomic E-state index is 10.5. The highest BCUT2D eigenvalue weighted by molar-refractivity contribution is 9.10. The highest BCUT2D eigenvalue weighted by Gasteiger charge is 2.29. The lowest BCUT2D eigenvalue weighted by molar-refractivity contribution is -0.139. The molecule has 1 aliphatic heterocycles. The van der Waals surface area contributed by atoms with Crippen LogP contribution in [0.15, 0.2) is 4.47 Å². The summed E-state index contributed by atoms with van der Waals surface area (Å²) in [6.07, 6.45) is 0.280. The fraction of sp³-hybridized carbons (Fsp3) is 0.636. The number of aliphatic carboxylic acids is 1. The van der Waals surface area contributed by atoms with Crippen LogP contribution in [0.2, 0.25) is 0 Å². The van der Waals surface area contributed by atoms with Gasteiger partial charge in [-0.1, -0.05) is 0 Å². The van der Waals surface area contributed by atoms with Crippen LogP contribution in [-0.2, 0) is 18.4 Å². The first kappa shape index (κ1) is 12.6. The van der Waals surface area contributed by atoms with Crippen molar-refractivity contribution in [2.75, 3.05) is 13.1 Å². The lowest BCUT2D eigenvalue weighted by Crippen LogP contribution is -2.47. The highest BCUT2D eigenvalue weighted by atomic mass is 79.9. The van der Waals surface area contributed by atoms with E-state index in [0.29, 0.717) is 5.92 Å². The number of aromatic nitrogens is 2. The molecule has 1 aromatic heterocycles. The quantitative estimate of drug-likeness (QED) is 0.913. The van der Waals surface area contributed by atoms with Gasteiger partial charge in [-0.3, -0.25) is 14.4 Å². The second-order valence-electron chi connectivity index (χ2n) is 4.63. The van der Waals surface area contributed by atoms with E-state index in [1.54, 1.807) is 0 Å². The molecule has 0 unspecified atom stereocenters. The first-order chi connectivity index (χ1) is 7.97. The molecule has 0 aliphatic carbocycles. The number of carboxylic acid groups (broad SMARTS) is 1. The maximum Gasteiger partial charge on any atom is 0.303 e. The minimum Gasteiger partial charge on any atom is -0.481 e. The number of aryl methyl sites for hydroxylation is 2. The molecule has 0 amide bonds. The van der Waals surface area contributed by atoms with Gasteiger partial charge in [0.25, 0.3) is 0 Å². The van der Waals surface area contributed by atoms with E-state index in [-0.39, 0.29) is 6.42 Å². The summed E-state index contributed by atoms with van der Waals surface area (Å²) in [7, 11) is 1.93. The predicted molar refractivity (Wildman–Crippen MR) is 66.7 cm³/mol. The van der Waals surface area contributed by atoms with Crippen molar-refractivity contribution >= 4 is 21.9 Å². The Balaban J connectivity index is 1.90. The summed E-state index contributed by atoms with van der Waals surface area (Å²) in [6.45, 7) is 4.52. The van der Waals surface area contributed by atoms with Crippen LogP contribution < -0.4 is 0 Å². The van der Waals surface area contributed by atoms with Gasteiger partial charge in [0.2, 0.25) is 0 Å². The Morgan fingerprint density at radius 3 is 2.71 bits per heavy atom. The second kappa shape index (κ2) is 4.78. The number of halogens is 1. The van der Waals surface area contributed by atoms with Crippen molar-refractivity contribution in [3.63, 3.8) is 0 Å². The summed E-state index contributed by atoms with van der Waals surface area (Å²) < 4.78 is 2.94. The molecule has 5 nitrogen and oxygen atoms in total. The van der Waals surface area contributed by atoms with E-state index in [4.69, 9.17) is 5.11 Å². The molecule has 0 spiro atoms. The minimum atomic E-state index is -0.702. The Bertz CT molecular complexity index is 438. The van der Waals surface area contributed by atoms with Crippen LogP contribution in [0, 0.1) is 12.8 Å². The Morgan fingerprint density at radius 1 is 1.59 bits per heavy atom. The van der Waals surface area contributed by atoms with E-state index >= 15 is 0 Å². The standard InChI is InChI=1S/C11H16BrN3O2/c1-7-11(12)9(14(2)13-7)6-15-4-8(5-15)3-10(16)17/h8H,3-6H2,1-2H3,(H,16,17). The van der Waals surface area contributed by atoms with Crippen molar-refractivity contribution in [3.8, 4) is 0 Å². The van der Waals surface area contributed by atoms with Crippen LogP contribution >= 0.6 is 15.9 Å². The molecule has 1 aliphatic rings. The van der Waals surface area contributed by atoms with Crippen molar-refractivity contribution in [1.29, 1.82) is 0 Å². The molecule has 2 heterocycles. The van der Waals surface area contributed by atoms with Gasteiger partial charge in [0.1, 0.15) is 0 Å². The number of hydrogen-bond donors (Lipinski definition) is 1. The number of carbonyl (C=O) groups is 1. The molecule has 17 heavy (non-hydrogen) atoms. The number of carboxylic acids is 1. The lowest BCUT2D eigenvalue weighted by atomic mass is 9.96. The average molecular weight is 302 g/mol. The number of hydrogen-bond acceptors (Lipinski definition) is 3. The molecule has 6 heteroatoms. The van der Waals surface area contributed by atoms with Gasteiger partial charge < -0.3 is 5.11 Å². The van der Waals surface area contributed by atoms with Gasteiger partial charge in [0, 0.05) is 26.7 Å². The molecule has 1 aromatic rings. The third-order valence-electron chi connectivity index (χ3n) is 3.13. The second-order valence-corrected chi connectivity index (χ2v) is 5.42. The molecule has 1 saturated heterocycles. The summed E-state index contributed by atoms with van der Waals surface area (Å²) >= 11 is 3.53. The Hall–Kier alpha value is -0.880. The normalized spacial score (nSPS) is 17.1. The summed E-state index contributed by atoms with van der Waals surface area (Å²) in [5.74, 6) is -0.396. The van der Waals surface area contributed by atoms with Crippen LogP contribution in [0.5, 0.6) is 0 Å². The molecule has 0 atom stereocenters. The van der Waals surface area contributed by atoms with Gasteiger partial charge in [0.15, 0.2) is 0 Å². The Morgan fingerprint density at radius 2 is 2.24 bits per heavy atom. The van der Waals surface area contributed by atoms with Gasteiger partial charge in [-0.05, 0) is 28.8 Å². The zero-order chi connectivity index (χ0) is 12.6. The predicted octanol–water partition coefficient (Wildman–Crippen LogP) is 1.40.